The van der Waals surface area contributed by atoms with Gasteiger partial charge in [0.25, 0.3) is 0 Å². The van der Waals surface area contributed by atoms with Gasteiger partial charge in [-0.15, -0.1) is 0 Å². The Hall–Kier alpha value is -2.08. The van der Waals surface area contributed by atoms with Gasteiger partial charge in [0.1, 0.15) is 6.61 Å². The number of methoxy groups -OCH3 is 1. The van der Waals surface area contributed by atoms with Gasteiger partial charge in [-0.2, -0.15) is 0 Å². The summed E-state index contributed by atoms with van der Waals surface area (Å²) < 4.78 is 10.6. The highest BCUT2D eigenvalue weighted by Gasteiger charge is 2.23. The smallest absolute Gasteiger partial charge is 0.229 e. The topological polar surface area (TPSA) is 73.6 Å². The van der Waals surface area contributed by atoms with E-state index >= 15 is 0 Å². The van der Waals surface area contributed by atoms with Gasteiger partial charge in [0.15, 0.2) is 5.75 Å². The molecule has 2 aromatic carbocycles. The number of ether oxygens (including phenoxy) is 2. The number of para-hydroxylation sites is 1. The SMILES string of the molecule is COCCOc1c(Cl)cccc1NC(=O)C(C)C(N)c1ccccc1. The van der Waals surface area contributed by atoms with E-state index in [0.29, 0.717) is 29.7 Å². The Morgan fingerprint density at radius 3 is 2.56 bits per heavy atom. The summed E-state index contributed by atoms with van der Waals surface area (Å²) >= 11 is 6.19. The summed E-state index contributed by atoms with van der Waals surface area (Å²) in [4.78, 5) is 12.6. The summed E-state index contributed by atoms with van der Waals surface area (Å²) in [5.74, 6) is -0.196. The van der Waals surface area contributed by atoms with E-state index in [4.69, 9.17) is 26.8 Å². The maximum Gasteiger partial charge on any atom is 0.229 e. The van der Waals surface area contributed by atoms with Crippen LogP contribution in [0, 0.1) is 5.92 Å². The van der Waals surface area contributed by atoms with Crippen molar-refractivity contribution in [3.63, 3.8) is 0 Å². The van der Waals surface area contributed by atoms with E-state index in [9.17, 15) is 4.79 Å². The lowest BCUT2D eigenvalue weighted by Crippen LogP contribution is -2.30. The van der Waals surface area contributed by atoms with Gasteiger partial charge in [-0.05, 0) is 17.7 Å². The molecule has 0 aromatic heterocycles. The Morgan fingerprint density at radius 1 is 1.16 bits per heavy atom. The first-order chi connectivity index (χ1) is 12.0. The third-order valence-corrected chi connectivity index (χ3v) is 4.19. The average Bonchev–Trinajstić information content (AvgIpc) is 2.63. The van der Waals surface area contributed by atoms with Crippen LogP contribution in [0.2, 0.25) is 5.02 Å². The fourth-order valence-corrected chi connectivity index (χ4v) is 2.58. The van der Waals surface area contributed by atoms with Crippen molar-refractivity contribution >= 4 is 23.2 Å². The molecule has 25 heavy (non-hydrogen) atoms. The molecule has 3 N–H and O–H groups in total. The highest BCUT2D eigenvalue weighted by atomic mass is 35.5. The number of benzene rings is 2. The molecule has 0 bridgehead atoms. The second-order valence-corrected chi connectivity index (χ2v) is 6.08. The predicted molar refractivity (Wildman–Crippen MR) is 100.0 cm³/mol. The first-order valence-electron chi connectivity index (χ1n) is 8.06. The van der Waals surface area contributed by atoms with E-state index in [1.165, 1.54) is 0 Å². The number of carbonyl (C=O) groups is 1. The standard InChI is InChI=1S/C19H23ClN2O3/c1-13(17(21)14-7-4-3-5-8-14)19(23)22-16-10-6-9-15(20)18(16)25-12-11-24-2/h3-10,13,17H,11-12,21H2,1-2H3,(H,22,23). The summed E-state index contributed by atoms with van der Waals surface area (Å²) in [5.41, 5.74) is 7.65. The molecule has 0 fully saturated rings. The maximum absolute atomic E-state index is 12.6. The van der Waals surface area contributed by atoms with Crippen LogP contribution in [-0.2, 0) is 9.53 Å². The molecule has 2 aromatic rings. The van der Waals surface area contributed by atoms with Crippen LogP contribution in [0.1, 0.15) is 18.5 Å². The normalized spacial score (nSPS) is 13.1. The number of amides is 1. The minimum absolute atomic E-state index is 0.199. The largest absolute Gasteiger partial charge is 0.487 e. The van der Waals surface area contributed by atoms with Gasteiger partial charge in [0.05, 0.1) is 23.2 Å². The van der Waals surface area contributed by atoms with Gasteiger partial charge < -0.3 is 20.5 Å². The van der Waals surface area contributed by atoms with Crippen LogP contribution in [0.3, 0.4) is 0 Å². The molecule has 0 aliphatic rings. The van der Waals surface area contributed by atoms with Crippen LogP contribution in [0.4, 0.5) is 5.69 Å². The quantitative estimate of drug-likeness (QED) is 0.703. The minimum Gasteiger partial charge on any atom is -0.487 e. The van der Waals surface area contributed by atoms with E-state index < -0.39 is 12.0 Å². The molecule has 134 valence electrons. The van der Waals surface area contributed by atoms with E-state index in [0.717, 1.165) is 5.56 Å². The fourth-order valence-electron chi connectivity index (χ4n) is 2.35. The molecule has 0 spiro atoms. The molecule has 0 saturated heterocycles. The fraction of sp³-hybridized carbons (Fsp3) is 0.316. The summed E-state index contributed by atoms with van der Waals surface area (Å²) in [6.45, 7) is 2.55. The zero-order valence-corrected chi connectivity index (χ0v) is 15.1. The van der Waals surface area contributed by atoms with Crippen LogP contribution in [0.5, 0.6) is 5.75 Å². The van der Waals surface area contributed by atoms with Crippen molar-refractivity contribution in [2.75, 3.05) is 25.6 Å². The second kappa shape index (κ2) is 9.42. The summed E-state index contributed by atoms with van der Waals surface area (Å²) in [5, 5.41) is 3.28. The first-order valence-corrected chi connectivity index (χ1v) is 8.44. The molecule has 2 unspecified atom stereocenters. The second-order valence-electron chi connectivity index (χ2n) is 5.67. The summed E-state index contributed by atoms with van der Waals surface area (Å²) in [7, 11) is 1.59. The first kappa shape index (κ1) is 19.2. The molecule has 2 rings (SSSR count). The number of hydrogen-bond acceptors (Lipinski definition) is 4. The van der Waals surface area contributed by atoms with Crippen molar-refractivity contribution in [2.45, 2.75) is 13.0 Å². The number of anilines is 1. The number of nitrogens with two attached hydrogens (primary N) is 1. The lowest BCUT2D eigenvalue weighted by atomic mass is 9.94. The van der Waals surface area contributed by atoms with Crippen molar-refractivity contribution in [2.24, 2.45) is 11.7 Å². The molecule has 1 amide bonds. The maximum atomic E-state index is 12.6. The van der Waals surface area contributed by atoms with Crippen LogP contribution in [0.15, 0.2) is 48.5 Å². The number of carbonyl (C=O) groups excluding carboxylic acids is 1. The van der Waals surface area contributed by atoms with Gasteiger partial charge in [0.2, 0.25) is 5.91 Å². The van der Waals surface area contributed by atoms with E-state index in [-0.39, 0.29) is 5.91 Å². The molecule has 0 aliphatic heterocycles. The lowest BCUT2D eigenvalue weighted by molar-refractivity contribution is -0.120. The van der Waals surface area contributed by atoms with E-state index in [1.807, 2.05) is 30.3 Å². The van der Waals surface area contributed by atoms with Gasteiger partial charge >= 0.3 is 0 Å². The zero-order chi connectivity index (χ0) is 18.2. The average molecular weight is 363 g/mol. The molecule has 6 heteroatoms. The molecule has 0 saturated carbocycles. The molecule has 2 atom stereocenters. The third-order valence-electron chi connectivity index (χ3n) is 3.90. The molecule has 0 aliphatic carbocycles. The Morgan fingerprint density at radius 2 is 1.88 bits per heavy atom. The minimum atomic E-state index is -0.423. The van der Waals surface area contributed by atoms with Crippen molar-refractivity contribution in [3.05, 3.63) is 59.1 Å². The molecular weight excluding hydrogens is 340 g/mol. The number of hydrogen-bond donors (Lipinski definition) is 2. The van der Waals surface area contributed by atoms with Crippen LogP contribution in [0.25, 0.3) is 0 Å². The highest BCUT2D eigenvalue weighted by molar-refractivity contribution is 6.32. The monoisotopic (exact) mass is 362 g/mol. The Balaban J connectivity index is 2.10. The number of nitrogens with one attached hydrogen (secondary N) is 1. The van der Waals surface area contributed by atoms with Crippen LogP contribution in [-0.4, -0.2) is 26.2 Å². The van der Waals surface area contributed by atoms with Crippen molar-refractivity contribution in [1.82, 2.24) is 0 Å². The van der Waals surface area contributed by atoms with Crippen molar-refractivity contribution < 1.29 is 14.3 Å². The zero-order valence-electron chi connectivity index (χ0n) is 14.4. The third kappa shape index (κ3) is 5.19. The Kier molecular flexibility index (Phi) is 7.25. The molecular formula is C19H23ClN2O3. The molecule has 0 radical (unpaired) electrons. The lowest BCUT2D eigenvalue weighted by Gasteiger charge is -2.21. The van der Waals surface area contributed by atoms with Gasteiger partial charge in [-0.1, -0.05) is 54.9 Å². The van der Waals surface area contributed by atoms with Gasteiger partial charge in [-0.3, -0.25) is 4.79 Å². The molecule has 0 heterocycles. The molecule has 5 nitrogen and oxygen atoms in total. The van der Waals surface area contributed by atoms with Gasteiger partial charge in [-0.25, -0.2) is 0 Å². The van der Waals surface area contributed by atoms with Crippen molar-refractivity contribution in [3.8, 4) is 5.75 Å². The summed E-state index contributed by atoms with van der Waals surface area (Å²) in [6, 6.07) is 14.3. The number of rotatable bonds is 8. The van der Waals surface area contributed by atoms with Gasteiger partial charge in [0, 0.05) is 13.2 Å². The van der Waals surface area contributed by atoms with Crippen LogP contribution < -0.4 is 15.8 Å². The summed E-state index contributed by atoms with van der Waals surface area (Å²) in [6.07, 6.45) is 0. The number of halogens is 1. The van der Waals surface area contributed by atoms with Crippen LogP contribution >= 0.6 is 11.6 Å². The van der Waals surface area contributed by atoms with Crippen molar-refractivity contribution in [1.29, 1.82) is 0 Å². The van der Waals surface area contributed by atoms with E-state index in [2.05, 4.69) is 5.32 Å². The Bertz CT molecular complexity index is 694. The highest BCUT2D eigenvalue weighted by Crippen LogP contribution is 2.33. The predicted octanol–water partition coefficient (Wildman–Crippen LogP) is 3.64. The Labute approximate surface area is 153 Å². The van der Waals surface area contributed by atoms with E-state index in [1.54, 1.807) is 32.2 Å².